The van der Waals surface area contributed by atoms with Crippen molar-refractivity contribution in [3.05, 3.63) is 0 Å². The summed E-state index contributed by atoms with van der Waals surface area (Å²) >= 11 is 1.37. The summed E-state index contributed by atoms with van der Waals surface area (Å²) in [7, 11) is 0. The third-order valence-electron chi connectivity index (χ3n) is 3.03. The van der Waals surface area contributed by atoms with E-state index in [0.29, 0.717) is 13.2 Å². The zero-order valence-electron chi connectivity index (χ0n) is 12.0. The molecule has 0 aliphatic carbocycles. The van der Waals surface area contributed by atoms with Crippen molar-refractivity contribution in [2.45, 2.75) is 18.6 Å². The first-order valence-electron chi connectivity index (χ1n) is 6.85. The van der Waals surface area contributed by atoms with E-state index >= 15 is 0 Å². The summed E-state index contributed by atoms with van der Waals surface area (Å²) in [5, 5.41) is 11.8. The Bertz CT molecular complexity index is 519. The van der Waals surface area contributed by atoms with Crippen LogP contribution in [0, 0.1) is 12.3 Å². The Morgan fingerprint density at radius 3 is 2.90 bits per heavy atom. The smallest absolute Gasteiger partial charge is 0.231 e. The van der Waals surface area contributed by atoms with Crippen molar-refractivity contribution in [1.29, 1.82) is 0 Å². The van der Waals surface area contributed by atoms with Gasteiger partial charge >= 0.3 is 0 Å². The van der Waals surface area contributed by atoms with Gasteiger partial charge in [-0.1, -0.05) is 17.7 Å². The fraction of sp³-hybridized carbons (Fsp3) is 0.615. The molecule has 114 valence electrons. The topological polar surface area (TPSA) is 72.3 Å². The van der Waals surface area contributed by atoms with E-state index in [1.54, 1.807) is 0 Å². The number of hydrogen-bond donors (Lipinski definition) is 1. The lowest BCUT2D eigenvalue weighted by Crippen LogP contribution is -2.38. The Morgan fingerprint density at radius 2 is 2.24 bits per heavy atom. The molecule has 0 aromatic carbocycles. The van der Waals surface area contributed by atoms with E-state index in [4.69, 9.17) is 11.2 Å². The van der Waals surface area contributed by atoms with Gasteiger partial charge in [-0.05, 0) is 6.92 Å². The second-order valence-electron chi connectivity index (χ2n) is 4.40. The molecule has 1 saturated heterocycles. The number of hydrogen-bond acceptors (Lipinski definition) is 6. The third-order valence-corrected chi connectivity index (χ3v) is 3.99. The minimum Gasteiger partial charge on any atom is -0.378 e. The molecule has 0 bridgehead atoms. The predicted molar refractivity (Wildman–Crippen MR) is 81.3 cm³/mol. The van der Waals surface area contributed by atoms with Crippen LogP contribution >= 0.6 is 11.8 Å². The molecule has 1 aromatic rings. The molecule has 2 heterocycles. The molecule has 0 unspecified atom stereocenters. The number of terminal acetylenes is 1. The van der Waals surface area contributed by atoms with Crippen LogP contribution in [0.1, 0.15) is 6.92 Å². The van der Waals surface area contributed by atoms with Crippen LogP contribution in [-0.4, -0.2) is 59.3 Å². The van der Waals surface area contributed by atoms with Gasteiger partial charge in [-0.3, -0.25) is 9.36 Å². The quantitative estimate of drug-likeness (QED) is 0.588. The fourth-order valence-electron chi connectivity index (χ4n) is 1.99. The van der Waals surface area contributed by atoms with E-state index in [1.165, 1.54) is 11.8 Å². The third kappa shape index (κ3) is 4.12. The first-order valence-corrected chi connectivity index (χ1v) is 7.83. The monoisotopic (exact) mass is 309 g/mol. The summed E-state index contributed by atoms with van der Waals surface area (Å²) in [6.45, 7) is 6.07. The number of nitrogens with zero attached hydrogens (tertiary/aromatic N) is 4. The van der Waals surface area contributed by atoms with Gasteiger partial charge in [0.2, 0.25) is 11.9 Å². The molecule has 1 amide bonds. The van der Waals surface area contributed by atoms with Crippen LogP contribution in [0.2, 0.25) is 0 Å². The highest BCUT2D eigenvalue weighted by Crippen LogP contribution is 2.22. The highest BCUT2D eigenvalue weighted by Gasteiger charge is 2.20. The van der Waals surface area contributed by atoms with Crippen molar-refractivity contribution < 1.29 is 9.53 Å². The van der Waals surface area contributed by atoms with E-state index in [0.717, 1.165) is 30.7 Å². The van der Waals surface area contributed by atoms with Crippen LogP contribution in [0.15, 0.2) is 5.16 Å². The average molecular weight is 309 g/mol. The zero-order chi connectivity index (χ0) is 15.1. The Hall–Kier alpha value is -1.72. The van der Waals surface area contributed by atoms with Crippen molar-refractivity contribution in [2.24, 2.45) is 0 Å². The van der Waals surface area contributed by atoms with Gasteiger partial charge in [0.15, 0.2) is 5.16 Å². The first kappa shape index (κ1) is 15.7. The Labute approximate surface area is 128 Å². The Morgan fingerprint density at radius 1 is 1.48 bits per heavy atom. The average Bonchev–Trinajstić information content (AvgIpc) is 2.94. The molecule has 0 saturated carbocycles. The number of rotatable bonds is 6. The molecule has 21 heavy (non-hydrogen) atoms. The minimum atomic E-state index is -0.100. The first-order chi connectivity index (χ1) is 10.3. The maximum absolute atomic E-state index is 11.6. The molecular weight excluding hydrogens is 290 g/mol. The van der Waals surface area contributed by atoms with E-state index in [9.17, 15) is 4.79 Å². The van der Waals surface area contributed by atoms with Gasteiger partial charge in [0, 0.05) is 19.6 Å². The van der Waals surface area contributed by atoms with Crippen molar-refractivity contribution in [2.75, 3.05) is 43.5 Å². The maximum atomic E-state index is 11.6. The van der Waals surface area contributed by atoms with Crippen molar-refractivity contribution in [3.63, 3.8) is 0 Å². The maximum Gasteiger partial charge on any atom is 0.231 e. The van der Waals surface area contributed by atoms with Gasteiger partial charge in [0.25, 0.3) is 0 Å². The number of carbonyl (C=O) groups excluding carboxylic acids is 1. The van der Waals surface area contributed by atoms with Crippen molar-refractivity contribution in [1.82, 2.24) is 20.1 Å². The summed E-state index contributed by atoms with van der Waals surface area (Å²) in [6.07, 6.45) is 5.10. The second-order valence-corrected chi connectivity index (χ2v) is 5.34. The van der Waals surface area contributed by atoms with Crippen LogP contribution in [-0.2, 0) is 16.1 Å². The highest BCUT2D eigenvalue weighted by atomic mass is 32.2. The normalized spacial score (nSPS) is 14.8. The lowest BCUT2D eigenvalue weighted by molar-refractivity contribution is -0.118. The molecule has 8 heteroatoms. The van der Waals surface area contributed by atoms with Crippen molar-refractivity contribution in [3.8, 4) is 12.3 Å². The minimum absolute atomic E-state index is 0.100. The van der Waals surface area contributed by atoms with Crippen LogP contribution in [0.3, 0.4) is 0 Å². The van der Waals surface area contributed by atoms with E-state index in [2.05, 4.69) is 26.3 Å². The van der Waals surface area contributed by atoms with Crippen LogP contribution in [0.5, 0.6) is 0 Å². The molecule has 1 aliphatic rings. The van der Waals surface area contributed by atoms with Crippen molar-refractivity contribution >= 4 is 23.6 Å². The van der Waals surface area contributed by atoms with Gasteiger partial charge in [-0.2, -0.15) is 0 Å². The lowest BCUT2D eigenvalue weighted by atomic mass is 10.4. The zero-order valence-corrected chi connectivity index (χ0v) is 12.9. The summed E-state index contributed by atoms with van der Waals surface area (Å²) in [5.74, 6) is 3.39. The van der Waals surface area contributed by atoms with Gasteiger partial charge in [0.1, 0.15) is 0 Å². The summed E-state index contributed by atoms with van der Waals surface area (Å²) < 4.78 is 7.36. The summed E-state index contributed by atoms with van der Waals surface area (Å²) in [4.78, 5) is 13.7. The summed E-state index contributed by atoms with van der Waals surface area (Å²) in [6, 6.07) is 0. The molecular formula is C13H19N5O2S. The van der Waals surface area contributed by atoms with Crippen LogP contribution in [0.4, 0.5) is 5.95 Å². The SMILES string of the molecule is C#CCNC(=O)CSc1nnc(N2CCOCC2)n1CC. The molecule has 2 rings (SSSR count). The molecule has 0 spiro atoms. The molecule has 0 radical (unpaired) electrons. The van der Waals surface area contributed by atoms with Gasteiger partial charge in [-0.15, -0.1) is 16.6 Å². The van der Waals surface area contributed by atoms with Crippen LogP contribution in [0.25, 0.3) is 0 Å². The lowest BCUT2D eigenvalue weighted by Gasteiger charge is -2.27. The van der Waals surface area contributed by atoms with Gasteiger partial charge < -0.3 is 15.0 Å². The second kappa shape index (κ2) is 7.90. The molecule has 7 nitrogen and oxygen atoms in total. The molecule has 1 aliphatic heterocycles. The number of ether oxygens (including phenoxy) is 1. The van der Waals surface area contributed by atoms with Crippen LogP contribution < -0.4 is 10.2 Å². The fourth-order valence-corrected chi connectivity index (χ4v) is 2.82. The highest BCUT2D eigenvalue weighted by molar-refractivity contribution is 7.99. The van der Waals surface area contributed by atoms with Gasteiger partial charge in [-0.25, -0.2) is 0 Å². The largest absolute Gasteiger partial charge is 0.378 e. The number of thioether (sulfide) groups is 1. The summed E-state index contributed by atoms with van der Waals surface area (Å²) in [5.41, 5.74) is 0. The van der Waals surface area contributed by atoms with E-state index in [1.807, 2.05) is 11.5 Å². The Balaban J connectivity index is 1.98. The standard InChI is InChI=1S/C13H19N5O2S/c1-3-5-14-11(19)10-21-13-16-15-12(18(13)4-2)17-6-8-20-9-7-17/h1H,4-10H2,2H3,(H,14,19). The Kier molecular flexibility index (Phi) is 5.90. The van der Waals surface area contributed by atoms with E-state index in [-0.39, 0.29) is 18.2 Å². The number of anilines is 1. The molecule has 1 aromatic heterocycles. The number of morpholine rings is 1. The number of amides is 1. The van der Waals surface area contributed by atoms with Gasteiger partial charge in [0.05, 0.1) is 25.5 Å². The van der Waals surface area contributed by atoms with E-state index < -0.39 is 0 Å². The predicted octanol–water partition coefficient (Wildman–Crippen LogP) is -0.0239. The molecule has 1 N–H and O–H groups in total. The number of carbonyl (C=O) groups is 1. The molecule has 1 fully saturated rings. The molecule has 0 atom stereocenters. The number of nitrogens with one attached hydrogen (secondary N) is 1. The number of aromatic nitrogens is 3.